The van der Waals surface area contributed by atoms with Gasteiger partial charge < -0.3 is 16.2 Å². The Hall–Kier alpha value is -1.32. The highest BCUT2D eigenvalue weighted by atomic mass is 16.3. The predicted octanol–water partition coefficient (Wildman–Crippen LogP) is 0.994. The van der Waals surface area contributed by atoms with E-state index >= 15 is 0 Å². The van der Waals surface area contributed by atoms with Crippen LogP contribution in [-0.4, -0.2) is 18.7 Å². The zero-order valence-corrected chi connectivity index (χ0v) is 8.33. The molecule has 0 aliphatic rings. The Kier molecular flexibility index (Phi) is 4.16. The number of rotatable bonds is 4. The first-order chi connectivity index (χ1) is 6.77. The molecule has 0 saturated heterocycles. The number of likely N-dealkylation sites (N-methyl/N-ethyl adjacent to an activating group) is 1. The van der Waals surface area contributed by atoms with Gasteiger partial charge in [-0.05, 0) is 24.7 Å². The molecule has 1 aromatic carbocycles. The number of nitrogens with two attached hydrogens (primary N) is 1. The minimum atomic E-state index is -0.0143. The van der Waals surface area contributed by atoms with Crippen molar-refractivity contribution < 1.29 is 5.11 Å². The Morgan fingerprint density at radius 3 is 2.93 bits per heavy atom. The smallest absolute Gasteiger partial charge is 0.0702 e. The maximum atomic E-state index is 9.00. The monoisotopic (exact) mass is 192 g/mol. The summed E-state index contributed by atoms with van der Waals surface area (Å²) in [6.07, 6.45) is 4.02. The van der Waals surface area contributed by atoms with Gasteiger partial charge in [-0.1, -0.05) is 18.2 Å². The molecule has 0 unspecified atom stereocenters. The molecule has 0 spiro atoms. The summed E-state index contributed by atoms with van der Waals surface area (Å²) in [5.74, 6) is 0. The van der Waals surface area contributed by atoms with E-state index < -0.39 is 0 Å². The topological polar surface area (TPSA) is 58.3 Å². The molecule has 1 aromatic rings. The van der Waals surface area contributed by atoms with Crippen molar-refractivity contribution in [2.24, 2.45) is 0 Å². The number of aliphatic hydroxyl groups is 1. The summed E-state index contributed by atoms with van der Waals surface area (Å²) in [7, 11) is 1.90. The van der Waals surface area contributed by atoms with Gasteiger partial charge in [0.25, 0.3) is 0 Å². The van der Waals surface area contributed by atoms with Gasteiger partial charge >= 0.3 is 0 Å². The Balaban J connectivity index is 2.79. The average Bonchev–Trinajstić information content (AvgIpc) is 2.21. The van der Waals surface area contributed by atoms with E-state index in [1.807, 2.05) is 37.4 Å². The molecule has 3 heteroatoms. The van der Waals surface area contributed by atoms with Crippen molar-refractivity contribution in [2.45, 2.75) is 6.61 Å². The first-order valence-electron chi connectivity index (χ1n) is 4.58. The molecular formula is C11H16N2O. The lowest BCUT2D eigenvalue weighted by Crippen LogP contribution is -2.03. The van der Waals surface area contributed by atoms with Crippen molar-refractivity contribution in [3.63, 3.8) is 0 Å². The maximum Gasteiger partial charge on any atom is 0.0702 e. The van der Waals surface area contributed by atoms with Gasteiger partial charge in [-0.25, -0.2) is 0 Å². The van der Waals surface area contributed by atoms with Gasteiger partial charge in [0.05, 0.1) is 6.61 Å². The summed E-state index contributed by atoms with van der Waals surface area (Å²) in [5, 5.41) is 12.0. The SMILES string of the molecule is CNCC=Cc1ccc(N)c(CO)c1. The third-order valence-corrected chi connectivity index (χ3v) is 1.97. The lowest BCUT2D eigenvalue weighted by atomic mass is 10.1. The van der Waals surface area contributed by atoms with Crippen LogP contribution in [-0.2, 0) is 6.61 Å². The Morgan fingerprint density at radius 2 is 2.29 bits per heavy atom. The van der Waals surface area contributed by atoms with Crippen molar-refractivity contribution in [1.82, 2.24) is 5.32 Å². The third-order valence-electron chi connectivity index (χ3n) is 1.97. The summed E-state index contributed by atoms with van der Waals surface area (Å²) >= 11 is 0. The van der Waals surface area contributed by atoms with Gasteiger partial charge in [0.1, 0.15) is 0 Å². The molecule has 3 nitrogen and oxygen atoms in total. The second-order valence-corrected chi connectivity index (χ2v) is 3.08. The van der Waals surface area contributed by atoms with Crippen LogP contribution in [0, 0.1) is 0 Å². The molecule has 0 bridgehead atoms. The first-order valence-corrected chi connectivity index (χ1v) is 4.58. The summed E-state index contributed by atoms with van der Waals surface area (Å²) in [6, 6.07) is 5.63. The summed E-state index contributed by atoms with van der Waals surface area (Å²) in [6.45, 7) is 0.818. The number of hydrogen-bond donors (Lipinski definition) is 3. The van der Waals surface area contributed by atoms with E-state index in [-0.39, 0.29) is 6.61 Å². The van der Waals surface area contributed by atoms with Gasteiger partial charge in [-0.15, -0.1) is 0 Å². The van der Waals surface area contributed by atoms with E-state index in [2.05, 4.69) is 5.32 Å². The number of nitrogen functional groups attached to an aromatic ring is 1. The lowest BCUT2D eigenvalue weighted by molar-refractivity contribution is 0.282. The standard InChI is InChI=1S/C11H16N2O/c1-13-6-2-3-9-4-5-11(12)10(7-9)8-14/h2-5,7,13-14H,6,8,12H2,1H3. The molecule has 14 heavy (non-hydrogen) atoms. The van der Waals surface area contributed by atoms with Crippen LogP contribution in [0.15, 0.2) is 24.3 Å². The van der Waals surface area contributed by atoms with Crippen LogP contribution >= 0.6 is 0 Å². The van der Waals surface area contributed by atoms with E-state index in [9.17, 15) is 0 Å². The normalized spacial score (nSPS) is 11.0. The van der Waals surface area contributed by atoms with Gasteiger partial charge in [0.2, 0.25) is 0 Å². The Labute approximate surface area is 84.3 Å². The molecule has 1 rings (SSSR count). The molecule has 0 atom stereocenters. The fraction of sp³-hybridized carbons (Fsp3) is 0.273. The van der Waals surface area contributed by atoms with Crippen LogP contribution in [0.4, 0.5) is 5.69 Å². The maximum absolute atomic E-state index is 9.00. The first kappa shape index (κ1) is 10.8. The second kappa shape index (κ2) is 5.42. The molecule has 76 valence electrons. The summed E-state index contributed by atoms with van der Waals surface area (Å²) in [5.41, 5.74) is 8.12. The molecule has 0 aromatic heterocycles. The van der Waals surface area contributed by atoms with Crippen LogP contribution < -0.4 is 11.1 Å². The zero-order valence-electron chi connectivity index (χ0n) is 8.33. The van der Waals surface area contributed by atoms with Crippen LogP contribution in [0.5, 0.6) is 0 Å². The highest BCUT2D eigenvalue weighted by Crippen LogP contribution is 2.14. The molecule has 0 heterocycles. The van der Waals surface area contributed by atoms with Crippen molar-refractivity contribution >= 4 is 11.8 Å². The fourth-order valence-electron chi connectivity index (χ4n) is 1.18. The summed E-state index contributed by atoms with van der Waals surface area (Å²) < 4.78 is 0. The van der Waals surface area contributed by atoms with Gasteiger partial charge in [-0.3, -0.25) is 0 Å². The van der Waals surface area contributed by atoms with Crippen LogP contribution in [0.3, 0.4) is 0 Å². The molecule has 0 radical (unpaired) electrons. The molecule has 4 N–H and O–H groups in total. The highest BCUT2D eigenvalue weighted by molar-refractivity contribution is 5.57. The molecule has 0 saturated carbocycles. The largest absolute Gasteiger partial charge is 0.398 e. The molecular weight excluding hydrogens is 176 g/mol. The van der Waals surface area contributed by atoms with E-state index in [0.29, 0.717) is 5.69 Å². The number of nitrogens with one attached hydrogen (secondary N) is 1. The minimum absolute atomic E-state index is 0.0143. The fourth-order valence-corrected chi connectivity index (χ4v) is 1.18. The number of aliphatic hydroxyl groups excluding tert-OH is 1. The predicted molar refractivity (Wildman–Crippen MR) is 59.7 cm³/mol. The van der Waals surface area contributed by atoms with Gasteiger partial charge in [0.15, 0.2) is 0 Å². The van der Waals surface area contributed by atoms with Gasteiger partial charge in [0, 0.05) is 17.8 Å². The molecule has 0 aliphatic heterocycles. The highest BCUT2D eigenvalue weighted by Gasteiger charge is 1.97. The zero-order chi connectivity index (χ0) is 10.4. The van der Waals surface area contributed by atoms with Crippen molar-refractivity contribution in [2.75, 3.05) is 19.3 Å². The van der Waals surface area contributed by atoms with Crippen LogP contribution in [0.2, 0.25) is 0 Å². The van der Waals surface area contributed by atoms with Crippen molar-refractivity contribution in [3.8, 4) is 0 Å². The van der Waals surface area contributed by atoms with Crippen LogP contribution in [0.25, 0.3) is 6.08 Å². The third kappa shape index (κ3) is 2.87. The summed E-state index contributed by atoms with van der Waals surface area (Å²) in [4.78, 5) is 0. The molecule has 0 aliphatic carbocycles. The molecule has 0 fully saturated rings. The number of benzene rings is 1. The van der Waals surface area contributed by atoms with Crippen LogP contribution in [0.1, 0.15) is 11.1 Å². The number of anilines is 1. The second-order valence-electron chi connectivity index (χ2n) is 3.08. The van der Waals surface area contributed by atoms with Crippen molar-refractivity contribution in [3.05, 3.63) is 35.4 Å². The average molecular weight is 192 g/mol. The van der Waals surface area contributed by atoms with Gasteiger partial charge in [-0.2, -0.15) is 0 Å². The quantitative estimate of drug-likeness (QED) is 0.624. The van der Waals surface area contributed by atoms with E-state index in [1.165, 1.54) is 0 Å². The minimum Gasteiger partial charge on any atom is -0.398 e. The molecule has 0 amide bonds. The Morgan fingerprint density at radius 1 is 1.50 bits per heavy atom. The lowest BCUT2D eigenvalue weighted by Gasteiger charge is -2.03. The van der Waals surface area contributed by atoms with E-state index in [1.54, 1.807) is 0 Å². The van der Waals surface area contributed by atoms with E-state index in [0.717, 1.165) is 17.7 Å². The number of hydrogen-bond acceptors (Lipinski definition) is 3. The van der Waals surface area contributed by atoms with Crippen molar-refractivity contribution in [1.29, 1.82) is 0 Å². The van der Waals surface area contributed by atoms with E-state index in [4.69, 9.17) is 10.8 Å². The Bertz CT molecular complexity index is 321.